The van der Waals surface area contributed by atoms with Crippen LogP contribution < -0.4 is 4.90 Å². The smallest absolute Gasteiger partial charge is 0.180 e. The van der Waals surface area contributed by atoms with Gasteiger partial charge in [0, 0.05) is 36.0 Å². The molecule has 2 aliphatic heterocycles. The van der Waals surface area contributed by atoms with Gasteiger partial charge in [-0.15, -0.1) is 31.7 Å². The average Bonchev–Trinajstić information content (AvgIpc) is 3.45. The molecule has 0 unspecified atom stereocenters. The van der Waals surface area contributed by atoms with E-state index in [1.165, 1.54) is 39.9 Å². The maximum absolute atomic E-state index is 11.5. The third-order valence-electron chi connectivity index (χ3n) is 8.37. The Morgan fingerprint density at radius 1 is 0.975 bits per heavy atom. The minimum absolute atomic E-state index is 0.0515. The van der Waals surface area contributed by atoms with E-state index in [0.717, 1.165) is 61.1 Å². The number of Topliss-reactive ketones (excluding diaryl/α,β-unsaturated/α-hetero) is 1. The number of hydrogen-bond acceptors (Lipinski definition) is 8. The quantitative estimate of drug-likeness (QED) is 0.272. The van der Waals surface area contributed by atoms with E-state index in [-0.39, 0.29) is 11.8 Å². The molecule has 40 heavy (non-hydrogen) atoms. The molecule has 3 aromatic heterocycles. The van der Waals surface area contributed by atoms with Gasteiger partial charge in [-0.1, -0.05) is 24.3 Å². The number of anilines is 1. The lowest BCUT2D eigenvalue weighted by atomic mass is 9.90. The molecule has 0 spiro atoms. The zero-order valence-corrected chi connectivity index (χ0v) is 24.6. The van der Waals surface area contributed by atoms with Gasteiger partial charge < -0.3 is 4.90 Å². The number of carbonyl (C=O) groups excluding carboxylic acids is 1. The van der Waals surface area contributed by atoms with Crippen LogP contribution >= 0.6 is 11.3 Å². The van der Waals surface area contributed by atoms with Gasteiger partial charge in [0.2, 0.25) is 0 Å². The van der Waals surface area contributed by atoms with Crippen molar-refractivity contribution in [3.8, 4) is 5.00 Å². The van der Waals surface area contributed by atoms with E-state index in [1.54, 1.807) is 17.4 Å². The zero-order valence-electron chi connectivity index (χ0n) is 23.8. The van der Waals surface area contributed by atoms with Gasteiger partial charge in [-0.3, -0.25) is 14.4 Å². The Labute approximate surface area is 239 Å². The minimum atomic E-state index is -0.0703. The molecule has 0 radical (unpaired) electrons. The fraction of sp³-hybridized carbons (Fsp3) is 0.419. The van der Waals surface area contributed by atoms with Crippen LogP contribution in [0, 0.1) is 26.7 Å². The second-order valence-electron chi connectivity index (χ2n) is 11.1. The fourth-order valence-electron chi connectivity index (χ4n) is 5.81. The van der Waals surface area contributed by atoms with Crippen LogP contribution in [0.4, 0.5) is 5.82 Å². The van der Waals surface area contributed by atoms with Crippen LogP contribution in [0.1, 0.15) is 88.4 Å². The van der Waals surface area contributed by atoms with E-state index < -0.39 is 0 Å². The summed E-state index contributed by atoms with van der Waals surface area (Å²) in [6.45, 7) is 12.0. The summed E-state index contributed by atoms with van der Waals surface area (Å²) in [5.41, 5.74) is 6.47. The van der Waals surface area contributed by atoms with Crippen molar-refractivity contribution < 1.29 is 4.79 Å². The van der Waals surface area contributed by atoms with Crippen LogP contribution in [0.2, 0.25) is 0 Å². The maximum Gasteiger partial charge on any atom is 0.180 e. The number of aromatic nitrogens is 5. The minimum Gasteiger partial charge on any atom is -0.355 e. The first-order valence-corrected chi connectivity index (χ1v) is 14.9. The lowest BCUT2D eigenvalue weighted by molar-refractivity contribution is 0.101. The number of aliphatic imine (C=N–C) groups is 1. The first kappa shape index (κ1) is 26.5. The van der Waals surface area contributed by atoms with Crippen molar-refractivity contribution in [3.05, 3.63) is 80.9 Å². The summed E-state index contributed by atoms with van der Waals surface area (Å²) in [6, 6.07) is 12.6. The number of benzene rings is 1. The highest BCUT2D eigenvalue weighted by Crippen LogP contribution is 2.38. The third kappa shape index (κ3) is 4.87. The SMILES string of the molecule is CC(=O)c1ccc(N2CCC(CCc3ccc(C4=N[C@@H](C)c5nnc(C)n5-c5sc(C)c(C)c54)cc3)CC2)nn1. The van der Waals surface area contributed by atoms with E-state index in [4.69, 9.17) is 4.99 Å². The van der Waals surface area contributed by atoms with Crippen LogP contribution in [0.25, 0.3) is 5.00 Å². The lowest BCUT2D eigenvalue weighted by Gasteiger charge is -2.32. The summed E-state index contributed by atoms with van der Waals surface area (Å²) in [5, 5.41) is 18.3. The molecule has 206 valence electrons. The third-order valence-corrected chi connectivity index (χ3v) is 9.56. The molecule has 0 saturated carbocycles. The lowest BCUT2D eigenvalue weighted by Crippen LogP contribution is -2.34. The number of piperidine rings is 1. The van der Waals surface area contributed by atoms with Crippen LogP contribution in [0.15, 0.2) is 41.4 Å². The van der Waals surface area contributed by atoms with Gasteiger partial charge in [0.25, 0.3) is 0 Å². The molecule has 0 N–H and O–H groups in total. The Hall–Kier alpha value is -3.72. The molecule has 1 atom stereocenters. The average molecular weight is 554 g/mol. The van der Waals surface area contributed by atoms with Crippen molar-refractivity contribution >= 4 is 28.6 Å². The molecule has 5 heterocycles. The zero-order chi connectivity index (χ0) is 28.0. The normalized spacial score (nSPS) is 17.3. The van der Waals surface area contributed by atoms with Crippen LogP contribution in [-0.4, -0.2) is 49.5 Å². The van der Waals surface area contributed by atoms with Gasteiger partial charge in [0.05, 0.1) is 5.71 Å². The first-order valence-electron chi connectivity index (χ1n) is 14.1. The summed E-state index contributed by atoms with van der Waals surface area (Å²) in [5.74, 6) is 3.32. The van der Waals surface area contributed by atoms with Crippen molar-refractivity contribution in [2.24, 2.45) is 10.9 Å². The molecular formula is C31H35N7OS. The van der Waals surface area contributed by atoms with Crippen molar-refractivity contribution in [1.82, 2.24) is 25.0 Å². The maximum atomic E-state index is 11.5. The number of carbonyl (C=O) groups is 1. The molecule has 9 heteroatoms. The van der Waals surface area contributed by atoms with Crippen LogP contribution in [0.3, 0.4) is 0 Å². The standard InChI is InChI=1S/C31H35N7OS/c1-18-21(4)40-31-28(18)29(32-19(2)30-36-33-22(5)38(30)31)25-10-8-23(9-11-25)6-7-24-14-16-37(17-15-24)27-13-12-26(20(3)39)34-35-27/h8-13,19,24H,6-7,14-17H2,1-5H3/t19-/m0/s1. The Balaban J connectivity index is 1.12. The molecule has 2 aliphatic rings. The molecule has 4 aromatic rings. The largest absolute Gasteiger partial charge is 0.355 e. The predicted octanol–water partition coefficient (Wildman–Crippen LogP) is 6.01. The van der Waals surface area contributed by atoms with Gasteiger partial charge in [0.1, 0.15) is 22.6 Å². The van der Waals surface area contributed by atoms with Gasteiger partial charge >= 0.3 is 0 Å². The summed E-state index contributed by atoms with van der Waals surface area (Å²) in [7, 11) is 0. The van der Waals surface area contributed by atoms with Crippen LogP contribution in [-0.2, 0) is 6.42 Å². The first-order chi connectivity index (χ1) is 19.3. The second kappa shape index (κ2) is 10.7. The highest BCUT2D eigenvalue weighted by atomic mass is 32.1. The van der Waals surface area contributed by atoms with Gasteiger partial charge in [-0.25, -0.2) is 0 Å². The summed E-state index contributed by atoms with van der Waals surface area (Å²) in [6.07, 6.45) is 4.54. The fourth-order valence-corrected chi connectivity index (χ4v) is 7.03. The molecular weight excluding hydrogens is 518 g/mol. The van der Waals surface area contributed by atoms with Crippen molar-refractivity contribution in [1.29, 1.82) is 0 Å². The number of aryl methyl sites for hydroxylation is 3. The predicted molar refractivity (Wildman–Crippen MR) is 159 cm³/mol. The number of rotatable bonds is 6. The molecule has 1 fully saturated rings. The number of nitrogens with zero attached hydrogens (tertiary/aromatic N) is 7. The molecule has 8 nitrogen and oxygen atoms in total. The number of ketones is 1. The molecule has 0 aliphatic carbocycles. The van der Waals surface area contributed by atoms with E-state index >= 15 is 0 Å². The topological polar surface area (TPSA) is 89.2 Å². The molecule has 0 bridgehead atoms. The van der Waals surface area contributed by atoms with E-state index in [1.807, 2.05) is 13.0 Å². The van der Waals surface area contributed by atoms with E-state index in [0.29, 0.717) is 11.6 Å². The highest BCUT2D eigenvalue weighted by molar-refractivity contribution is 7.15. The van der Waals surface area contributed by atoms with Gasteiger partial charge in [0.15, 0.2) is 17.4 Å². The Kier molecular flexibility index (Phi) is 7.08. The summed E-state index contributed by atoms with van der Waals surface area (Å²) < 4.78 is 2.19. The van der Waals surface area contributed by atoms with Gasteiger partial charge in [-0.05, 0) is 82.6 Å². The molecule has 6 rings (SSSR count). The second-order valence-corrected chi connectivity index (χ2v) is 12.3. The van der Waals surface area contributed by atoms with Gasteiger partial charge in [-0.2, -0.15) is 0 Å². The van der Waals surface area contributed by atoms with Crippen LogP contribution in [0.5, 0.6) is 0 Å². The number of fused-ring (bicyclic) bond motifs is 3. The molecule has 1 saturated heterocycles. The Morgan fingerprint density at radius 3 is 2.40 bits per heavy atom. The highest BCUT2D eigenvalue weighted by Gasteiger charge is 2.29. The monoisotopic (exact) mass is 553 g/mol. The summed E-state index contributed by atoms with van der Waals surface area (Å²) in [4.78, 5) is 20.2. The van der Waals surface area contributed by atoms with E-state index in [2.05, 4.69) is 74.9 Å². The van der Waals surface area contributed by atoms with Crippen molar-refractivity contribution in [2.45, 2.75) is 66.3 Å². The molecule has 1 aromatic carbocycles. The Morgan fingerprint density at radius 2 is 1.73 bits per heavy atom. The molecule has 0 amide bonds. The van der Waals surface area contributed by atoms with Crippen molar-refractivity contribution in [3.63, 3.8) is 0 Å². The number of thiophene rings is 1. The van der Waals surface area contributed by atoms with E-state index in [9.17, 15) is 4.79 Å². The summed E-state index contributed by atoms with van der Waals surface area (Å²) >= 11 is 1.80. The van der Waals surface area contributed by atoms with Crippen molar-refractivity contribution in [2.75, 3.05) is 18.0 Å². The number of hydrogen-bond donors (Lipinski definition) is 0. The Bertz CT molecular complexity index is 1580.